The molecule has 0 amide bonds. The van der Waals surface area contributed by atoms with Crippen LogP contribution in [0, 0.1) is 0 Å². The third-order valence-corrected chi connectivity index (χ3v) is 9.30. The van der Waals surface area contributed by atoms with Crippen molar-refractivity contribution in [2.75, 3.05) is 0 Å². The summed E-state index contributed by atoms with van der Waals surface area (Å²) in [6.45, 7) is 29.3. The molecule has 1 fully saturated rings. The Bertz CT molecular complexity index is 1400. The van der Waals surface area contributed by atoms with Crippen LogP contribution in [0.25, 0.3) is 21.8 Å². The van der Waals surface area contributed by atoms with Gasteiger partial charge in [-0.15, -0.1) is 0 Å². The maximum absolute atomic E-state index is 10.7. The average Bonchev–Trinajstić information content (AvgIpc) is 3.23. The molecule has 4 rings (SSSR count). The van der Waals surface area contributed by atoms with Crippen LogP contribution < -0.4 is 5.46 Å². The SMILES string of the molecule is CC(C)(C)c1cc([B]OC(C)(C)C(C)(C)O)c2[nH]c3c(CB4OC(C)(C)C(C)(C)O4)cc(C(C)(C)C)cc3c2c1. The molecule has 2 heterocycles. The van der Waals surface area contributed by atoms with Crippen molar-refractivity contribution < 1.29 is 19.1 Å². The standard InChI is InChI=1S/C33H50B2NO4/c1-28(2,3)21-15-20(19-35-39-32(11,12)33(13,14)40-35)26-23(16-21)24-17-22(29(4,5)6)18-25(27(24)36-26)34-38-31(9,10)30(7,8)37/h15-18,36-37H,19H2,1-14H3. The molecule has 1 saturated heterocycles. The van der Waals surface area contributed by atoms with Crippen LogP contribution in [0.4, 0.5) is 0 Å². The van der Waals surface area contributed by atoms with Crippen LogP contribution >= 0.6 is 0 Å². The molecule has 1 aliphatic heterocycles. The first-order chi connectivity index (χ1) is 17.9. The molecule has 2 N–H and O–H groups in total. The maximum Gasteiger partial charge on any atom is 0.462 e. The topological polar surface area (TPSA) is 63.7 Å². The van der Waals surface area contributed by atoms with Gasteiger partial charge in [-0.1, -0.05) is 53.7 Å². The zero-order valence-corrected chi connectivity index (χ0v) is 27.3. The van der Waals surface area contributed by atoms with Gasteiger partial charge >= 0.3 is 14.6 Å². The van der Waals surface area contributed by atoms with E-state index in [-0.39, 0.29) is 29.2 Å². The summed E-state index contributed by atoms with van der Waals surface area (Å²) in [5.74, 6) is 0. The van der Waals surface area contributed by atoms with Gasteiger partial charge in [0.05, 0.1) is 22.4 Å². The molecule has 0 saturated carbocycles. The van der Waals surface area contributed by atoms with Gasteiger partial charge in [-0.25, -0.2) is 0 Å². The van der Waals surface area contributed by atoms with E-state index in [2.05, 4.69) is 98.5 Å². The van der Waals surface area contributed by atoms with Crippen molar-refractivity contribution in [1.82, 2.24) is 4.98 Å². The lowest BCUT2D eigenvalue weighted by Crippen LogP contribution is -2.49. The van der Waals surface area contributed by atoms with Gasteiger partial charge in [0.25, 0.3) is 0 Å². The molecule has 0 spiro atoms. The Hall–Kier alpha value is -1.79. The summed E-state index contributed by atoms with van der Waals surface area (Å²) in [5, 5.41) is 13.1. The zero-order chi connectivity index (χ0) is 30.3. The predicted octanol–water partition coefficient (Wildman–Crippen LogP) is 6.90. The fourth-order valence-electron chi connectivity index (χ4n) is 4.91. The molecule has 0 unspecified atom stereocenters. The van der Waals surface area contributed by atoms with Gasteiger partial charge in [0.15, 0.2) is 0 Å². The van der Waals surface area contributed by atoms with Crippen molar-refractivity contribution in [2.45, 2.75) is 136 Å². The van der Waals surface area contributed by atoms with Gasteiger partial charge in [0, 0.05) is 28.1 Å². The molecule has 1 aromatic heterocycles. The Kier molecular flexibility index (Phi) is 7.49. The van der Waals surface area contributed by atoms with E-state index in [1.807, 2.05) is 21.3 Å². The van der Waals surface area contributed by atoms with E-state index in [9.17, 15) is 5.11 Å². The fraction of sp³-hybridized carbons (Fsp3) is 0.636. The molecular weight excluding hydrogens is 496 g/mol. The summed E-state index contributed by atoms with van der Waals surface area (Å²) in [5.41, 5.74) is 4.14. The quantitative estimate of drug-likeness (QED) is 0.330. The minimum absolute atomic E-state index is 0.0289. The van der Waals surface area contributed by atoms with Crippen molar-refractivity contribution >= 4 is 41.9 Å². The summed E-state index contributed by atoms with van der Waals surface area (Å²) in [4.78, 5) is 3.78. The van der Waals surface area contributed by atoms with E-state index in [0.717, 1.165) is 16.5 Å². The maximum atomic E-state index is 10.7. The number of nitrogens with one attached hydrogen (secondary N) is 1. The van der Waals surface area contributed by atoms with Crippen LogP contribution in [0.3, 0.4) is 0 Å². The van der Waals surface area contributed by atoms with E-state index in [0.29, 0.717) is 6.32 Å². The number of H-pyrrole nitrogens is 1. The third-order valence-electron chi connectivity index (χ3n) is 9.30. The predicted molar refractivity (Wildman–Crippen MR) is 170 cm³/mol. The number of rotatable bonds is 6. The van der Waals surface area contributed by atoms with Crippen molar-refractivity contribution in [3.05, 3.63) is 41.0 Å². The minimum atomic E-state index is -1.01. The molecule has 0 aliphatic carbocycles. The molecule has 0 atom stereocenters. The van der Waals surface area contributed by atoms with Crippen molar-refractivity contribution in [1.29, 1.82) is 0 Å². The fourth-order valence-corrected chi connectivity index (χ4v) is 4.91. The summed E-state index contributed by atoms with van der Waals surface area (Å²) >= 11 is 0. The number of aromatic nitrogens is 1. The van der Waals surface area contributed by atoms with Crippen molar-refractivity contribution in [3.8, 4) is 0 Å². The first kappa shape index (κ1) is 31.2. The second-order valence-corrected chi connectivity index (χ2v) is 15.9. The lowest BCUT2D eigenvalue weighted by molar-refractivity contribution is -0.0893. The summed E-state index contributed by atoms with van der Waals surface area (Å²) in [7, 11) is 1.48. The lowest BCUT2D eigenvalue weighted by atomic mass is 9.76. The number of benzene rings is 2. The van der Waals surface area contributed by atoms with E-state index in [1.54, 1.807) is 13.8 Å². The van der Waals surface area contributed by atoms with Crippen LogP contribution in [0.5, 0.6) is 0 Å². The number of aromatic amines is 1. The highest BCUT2D eigenvalue weighted by molar-refractivity contribution is 6.52. The Balaban J connectivity index is 1.92. The molecule has 3 aromatic rings. The first-order valence-electron chi connectivity index (χ1n) is 14.7. The average molecular weight is 546 g/mol. The number of aliphatic hydroxyl groups is 1. The smallest absolute Gasteiger partial charge is 0.427 e. The van der Waals surface area contributed by atoms with Gasteiger partial charge in [-0.05, 0) is 101 Å². The molecule has 5 nitrogen and oxygen atoms in total. The normalized spacial score (nSPS) is 18.2. The Morgan fingerprint density at radius 2 is 1.25 bits per heavy atom. The van der Waals surface area contributed by atoms with Crippen LogP contribution in [0.15, 0.2) is 24.3 Å². The molecule has 1 aliphatic rings. The van der Waals surface area contributed by atoms with E-state index in [1.165, 1.54) is 27.5 Å². The molecule has 2 aromatic carbocycles. The molecule has 7 heteroatoms. The third kappa shape index (κ3) is 5.77. The first-order valence-corrected chi connectivity index (χ1v) is 14.7. The van der Waals surface area contributed by atoms with Gasteiger partial charge in [0.2, 0.25) is 0 Å². The Labute approximate surface area is 243 Å². The summed E-state index contributed by atoms with van der Waals surface area (Å²) in [6.07, 6.45) is 0.646. The summed E-state index contributed by atoms with van der Waals surface area (Å²) in [6, 6.07) is 9.17. The number of hydrogen-bond donors (Lipinski definition) is 2. The highest BCUT2D eigenvalue weighted by Gasteiger charge is 2.51. The van der Waals surface area contributed by atoms with Gasteiger partial charge in [-0.3, -0.25) is 0 Å². The van der Waals surface area contributed by atoms with Gasteiger partial charge in [0.1, 0.15) is 0 Å². The van der Waals surface area contributed by atoms with Crippen LogP contribution in [0.2, 0.25) is 0 Å². The minimum Gasteiger partial charge on any atom is -0.427 e. The zero-order valence-electron chi connectivity index (χ0n) is 27.3. The van der Waals surface area contributed by atoms with Gasteiger partial charge in [-0.2, -0.15) is 0 Å². The Morgan fingerprint density at radius 1 is 0.775 bits per heavy atom. The molecule has 217 valence electrons. The highest BCUT2D eigenvalue weighted by atomic mass is 16.7. The Morgan fingerprint density at radius 3 is 1.73 bits per heavy atom. The van der Waals surface area contributed by atoms with Crippen LogP contribution in [-0.2, 0) is 31.1 Å². The molecule has 40 heavy (non-hydrogen) atoms. The lowest BCUT2D eigenvalue weighted by Gasteiger charge is -2.37. The van der Waals surface area contributed by atoms with E-state index >= 15 is 0 Å². The second kappa shape index (κ2) is 9.62. The van der Waals surface area contributed by atoms with Crippen molar-refractivity contribution in [3.63, 3.8) is 0 Å². The van der Waals surface area contributed by atoms with Crippen LogP contribution in [-0.4, -0.2) is 47.1 Å². The highest BCUT2D eigenvalue weighted by Crippen LogP contribution is 2.40. The molecular formula is C33H50B2NO4. The van der Waals surface area contributed by atoms with E-state index in [4.69, 9.17) is 14.0 Å². The monoisotopic (exact) mass is 546 g/mol. The van der Waals surface area contributed by atoms with E-state index < -0.39 is 11.2 Å². The largest absolute Gasteiger partial charge is 0.462 e. The van der Waals surface area contributed by atoms with Crippen LogP contribution in [0.1, 0.15) is 114 Å². The summed E-state index contributed by atoms with van der Waals surface area (Å²) < 4.78 is 19.1. The van der Waals surface area contributed by atoms with Crippen molar-refractivity contribution in [2.24, 2.45) is 0 Å². The van der Waals surface area contributed by atoms with Gasteiger partial charge < -0.3 is 24.1 Å². The number of fused-ring (bicyclic) bond motifs is 3. The molecule has 1 radical (unpaired) electrons. The second-order valence-electron chi connectivity index (χ2n) is 15.9. The number of hydrogen-bond acceptors (Lipinski definition) is 4. The molecule has 0 bridgehead atoms.